The average Bonchev–Trinajstić information content (AvgIpc) is 2.56. The van der Waals surface area contributed by atoms with Crippen LogP contribution in [0.5, 0.6) is 0 Å². The molecule has 1 aliphatic rings. The lowest BCUT2D eigenvalue weighted by atomic mass is 10.0. The minimum atomic E-state index is -0.950. The van der Waals surface area contributed by atoms with Gasteiger partial charge in [0.1, 0.15) is 0 Å². The maximum atomic E-state index is 11.3. The second-order valence-corrected chi connectivity index (χ2v) is 5.10. The molecule has 1 aromatic rings. The number of nitrogens with one attached hydrogen (secondary N) is 1. The van der Waals surface area contributed by atoms with Crippen LogP contribution in [0.4, 0.5) is 0 Å². The quantitative estimate of drug-likeness (QED) is 0.468. The van der Waals surface area contributed by atoms with Crippen LogP contribution in [0.1, 0.15) is 31.7 Å². The van der Waals surface area contributed by atoms with Gasteiger partial charge in [0.05, 0.1) is 12.5 Å². The van der Waals surface area contributed by atoms with Crippen LogP contribution in [0.25, 0.3) is 0 Å². The molecule has 0 radical (unpaired) electrons. The van der Waals surface area contributed by atoms with Gasteiger partial charge in [-0.15, -0.1) is 0 Å². The van der Waals surface area contributed by atoms with Crippen molar-refractivity contribution in [3.8, 4) is 6.07 Å². The zero-order valence-corrected chi connectivity index (χ0v) is 12.7. The molecular formula is C16H21N3O3. The molecule has 1 fully saturated rings. The van der Waals surface area contributed by atoms with Crippen molar-refractivity contribution in [2.75, 3.05) is 6.54 Å². The number of rotatable bonds is 1. The summed E-state index contributed by atoms with van der Waals surface area (Å²) in [7, 11) is 0. The largest absolute Gasteiger partial charge is 0.332 e. The Morgan fingerprint density at radius 1 is 1.36 bits per heavy atom. The summed E-state index contributed by atoms with van der Waals surface area (Å²) in [5.74, 6) is -1.59. The molecule has 1 saturated heterocycles. The van der Waals surface area contributed by atoms with E-state index in [1.807, 2.05) is 37.3 Å². The minimum absolute atomic E-state index is 0.0959. The molecule has 22 heavy (non-hydrogen) atoms. The molecule has 0 aromatic heterocycles. The van der Waals surface area contributed by atoms with Gasteiger partial charge in [-0.05, 0) is 31.7 Å². The summed E-state index contributed by atoms with van der Waals surface area (Å²) in [4.78, 5) is 23.6. The minimum Gasteiger partial charge on any atom is -0.332 e. The van der Waals surface area contributed by atoms with Crippen molar-refractivity contribution in [3.63, 3.8) is 0 Å². The molecule has 2 rings (SSSR count). The molecule has 1 aromatic carbocycles. The first-order valence-electron chi connectivity index (χ1n) is 7.26. The molecule has 1 aliphatic heterocycles. The molecule has 1 heterocycles. The third-order valence-corrected chi connectivity index (χ3v) is 3.49. The highest BCUT2D eigenvalue weighted by Gasteiger charge is 2.27. The Kier molecular flexibility index (Phi) is 7.65. The number of hydrogen-bond acceptors (Lipinski definition) is 4. The molecule has 0 bridgehead atoms. The van der Waals surface area contributed by atoms with Crippen LogP contribution in [0.15, 0.2) is 30.3 Å². The van der Waals surface area contributed by atoms with E-state index in [0.717, 1.165) is 24.8 Å². The molecule has 6 nitrogen and oxygen atoms in total. The third-order valence-electron chi connectivity index (χ3n) is 3.49. The number of hydrogen-bond donors (Lipinski definition) is 2. The number of amides is 2. The van der Waals surface area contributed by atoms with Crippen LogP contribution in [0.2, 0.25) is 0 Å². The summed E-state index contributed by atoms with van der Waals surface area (Å²) in [6.07, 6.45) is 3.45. The fourth-order valence-electron chi connectivity index (χ4n) is 2.27. The van der Waals surface area contributed by atoms with Gasteiger partial charge in [0, 0.05) is 12.6 Å². The number of carbonyl (C=O) groups is 2. The summed E-state index contributed by atoms with van der Waals surface area (Å²) < 4.78 is 0. The van der Waals surface area contributed by atoms with Crippen LogP contribution < -0.4 is 5.48 Å². The summed E-state index contributed by atoms with van der Waals surface area (Å²) in [6, 6.07) is 11.9. The van der Waals surface area contributed by atoms with E-state index in [4.69, 9.17) is 10.5 Å². The highest BCUT2D eigenvalue weighted by atomic mass is 16.5. The Bertz CT molecular complexity index is 525. The Hall–Kier alpha value is -2.39. The van der Waals surface area contributed by atoms with E-state index in [9.17, 15) is 9.59 Å². The second kappa shape index (κ2) is 9.53. The molecule has 2 N–H and O–H groups in total. The molecule has 6 heteroatoms. The van der Waals surface area contributed by atoms with Gasteiger partial charge in [0.25, 0.3) is 0 Å². The molecular weight excluding hydrogens is 282 g/mol. The number of nitriles is 1. The van der Waals surface area contributed by atoms with Gasteiger partial charge >= 0.3 is 11.8 Å². The summed E-state index contributed by atoms with van der Waals surface area (Å²) in [5, 5.41) is 16.5. The van der Waals surface area contributed by atoms with E-state index < -0.39 is 11.8 Å². The lowest BCUT2D eigenvalue weighted by molar-refractivity contribution is -0.152. The van der Waals surface area contributed by atoms with E-state index in [-0.39, 0.29) is 6.04 Å². The zero-order chi connectivity index (χ0) is 16.4. The van der Waals surface area contributed by atoms with Gasteiger partial charge in [0.15, 0.2) is 0 Å². The normalized spacial score (nSPS) is 16.8. The zero-order valence-electron chi connectivity index (χ0n) is 12.7. The maximum absolute atomic E-state index is 11.3. The second-order valence-electron chi connectivity index (χ2n) is 5.10. The molecule has 2 amide bonds. The van der Waals surface area contributed by atoms with Crippen molar-refractivity contribution in [2.45, 2.75) is 38.6 Å². The van der Waals surface area contributed by atoms with Gasteiger partial charge in [-0.3, -0.25) is 14.8 Å². The number of hydroxylamine groups is 1. The lowest BCUT2D eigenvalue weighted by Gasteiger charge is -2.32. The van der Waals surface area contributed by atoms with Crippen molar-refractivity contribution >= 4 is 11.8 Å². The molecule has 0 aliphatic carbocycles. The smallest absolute Gasteiger partial charge is 0.332 e. The first-order valence-corrected chi connectivity index (χ1v) is 7.26. The Labute approximate surface area is 130 Å². The third kappa shape index (κ3) is 5.54. The first-order chi connectivity index (χ1) is 10.6. The van der Waals surface area contributed by atoms with Crippen molar-refractivity contribution in [3.05, 3.63) is 35.9 Å². The molecule has 118 valence electrons. The molecule has 1 unspecified atom stereocenters. The van der Waals surface area contributed by atoms with Crippen molar-refractivity contribution < 1.29 is 14.8 Å². The SMILES string of the molecule is CC1CCCCN1C(=O)C(=O)NO.N#CCc1ccccc1. The number of benzene rings is 1. The van der Waals surface area contributed by atoms with Gasteiger partial charge in [-0.1, -0.05) is 30.3 Å². The van der Waals surface area contributed by atoms with Crippen molar-refractivity contribution in [1.29, 1.82) is 5.26 Å². The Balaban J connectivity index is 0.000000235. The predicted molar refractivity (Wildman–Crippen MR) is 80.7 cm³/mol. The van der Waals surface area contributed by atoms with Crippen LogP contribution >= 0.6 is 0 Å². The predicted octanol–water partition coefficient (Wildman–Crippen LogP) is 1.65. The summed E-state index contributed by atoms with van der Waals surface area (Å²) in [5.41, 5.74) is 2.44. The molecule has 0 saturated carbocycles. The standard InChI is InChI=1S/C8H14N2O3.C8H7N/c1-6-4-2-3-5-10(6)8(12)7(11)9-13;9-7-6-8-4-2-1-3-5-8/h6,13H,2-5H2,1H3,(H,9,11);1-5H,6H2. The van der Waals surface area contributed by atoms with E-state index >= 15 is 0 Å². The van der Waals surface area contributed by atoms with E-state index in [2.05, 4.69) is 6.07 Å². The van der Waals surface area contributed by atoms with E-state index in [1.165, 1.54) is 10.4 Å². The molecule has 1 atom stereocenters. The number of carbonyl (C=O) groups excluding carboxylic acids is 2. The lowest BCUT2D eigenvalue weighted by Crippen LogP contribution is -2.48. The first kappa shape index (κ1) is 17.7. The van der Waals surface area contributed by atoms with Gasteiger partial charge in [-0.2, -0.15) is 5.26 Å². The van der Waals surface area contributed by atoms with Crippen LogP contribution in [0.3, 0.4) is 0 Å². The fraction of sp³-hybridized carbons (Fsp3) is 0.438. The van der Waals surface area contributed by atoms with Gasteiger partial charge in [0.2, 0.25) is 0 Å². The average molecular weight is 303 g/mol. The van der Waals surface area contributed by atoms with Crippen molar-refractivity contribution in [1.82, 2.24) is 10.4 Å². The van der Waals surface area contributed by atoms with Crippen molar-refractivity contribution in [2.24, 2.45) is 0 Å². The number of likely N-dealkylation sites (tertiary alicyclic amines) is 1. The van der Waals surface area contributed by atoms with Crippen LogP contribution in [-0.4, -0.2) is 34.5 Å². The Morgan fingerprint density at radius 2 is 2.05 bits per heavy atom. The highest BCUT2D eigenvalue weighted by Crippen LogP contribution is 2.16. The van der Waals surface area contributed by atoms with Gasteiger partial charge in [-0.25, -0.2) is 5.48 Å². The van der Waals surface area contributed by atoms with Gasteiger partial charge < -0.3 is 4.90 Å². The summed E-state index contributed by atoms with van der Waals surface area (Å²) in [6.45, 7) is 2.51. The van der Waals surface area contributed by atoms with E-state index in [1.54, 1.807) is 0 Å². The number of piperidine rings is 1. The highest BCUT2D eigenvalue weighted by molar-refractivity contribution is 6.34. The van der Waals surface area contributed by atoms with Crippen LogP contribution in [-0.2, 0) is 16.0 Å². The van der Waals surface area contributed by atoms with Crippen LogP contribution in [0, 0.1) is 11.3 Å². The number of nitrogens with zero attached hydrogens (tertiary/aromatic N) is 2. The maximum Gasteiger partial charge on any atom is 0.332 e. The molecule has 0 spiro atoms. The monoisotopic (exact) mass is 303 g/mol. The summed E-state index contributed by atoms with van der Waals surface area (Å²) >= 11 is 0. The van der Waals surface area contributed by atoms with E-state index in [0.29, 0.717) is 13.0 Å². The fourth-order valence-corrected chi connectivity index (χ4v) is 2.27. The topological polar surface area (TPSA) is 93.4 Å². The Morgan fingerprint density at radius 3 is 2.59 bits per heavy atom.